The smallest absolute Gasteiger partial charge is 0.283 e. The number of amidine groups is 2. The van der Waals surface area contributed by atoms with Crippen LogP contribution in [0.1, 0.15) is 41.4 Å². The number of hydrazone groups is 1. The van der Waals surface area contributed by atoms with Gasteiger partial charge in [-0.3, -0.25) is 10.2 Å². The maximum absolute atomic E-state index is 12.6. The molecule has 1 amide bonds. The molecule has 3 heterocycles. The van der Waals surface area contributed by atoms with Gasteiger partial charge in [-0.05, 0) is 75.2 Å². The number of hydrogen-bond acceptors (Lipinski definition) is 4. The summed E-state index contributed by atoms with van der Waals surface area (Å²) in [6.45, 7) is 10.3. The van der Waals surface area contributed by atoms with E-state index >= 15 is 0 Å². The molecule has 7 heteroatoms. The summed E-state index contributed by atoms with van der Waals surface area (Å²) in [4.78, 5) is 16.8. The molecule has 0 radical (unpaired) electrons. The van der Waals surface area contributed by atoms with Crippen molar-refractivity contribution in [3.63, 3.8) is 0 Å². The molecule has 0 aliphatic carbocycles. The molecule has 1 aromatic carbocycles. The molecule has 29 heavy (non-hydrogen) atoms. The van der Waals surface area contributed by atoms with Crippen molar-refractivity contribution in [2.75, 3.05) is 0 Å². The molecule has 0 bridgehead atoms. The van der Waals surface area contributed by atoms with Gasteiger partial charge in [0, 0.05) is 17.1 Å². The van der Waals surface area contributed by atoms with Crippen molar-refractivity contribution in [3.05, 3.63) is 57.9 Å². The largest absolute Gasteiger partial charge is 0.318 e. The number of carbonyl (C=O) groups is 1. The number of fused-ring (bicyclic) bond motifs is 1. The second-order valence-corrected chi connectivity index (χ2v) is 8.36. The molecular weight excluding hydrogens is 382 g/mol. The van der Waals surface area contributed by atoms with E-state index in [2.05, 4.69) is 46.7 Å². The Labute approximate surface area is 174 Å². The summed E-state index contributed by atoms with van der Waals surface area (Å²) in [6, 6.07) is 8.43. The third-order valence-corrected chi connectivity index (χ3v) is 6.21. The fourth-order valence-electron chi connectivity index (χ4n) is 3.69. The normalized spacial score (nSPS) is 17.7. The van der Waals surface area contributed by atoms with Crippen molar-refractivity contribution in [1.82, 2.24) is 9.58 Å². The van der Waals surface area contributed by atoms with Gasteiger partial charge in [0.05, 0.1) is 5.57 Å². The van der Waals surface area contributed by atoms with Crippen LogP contribution in [0.4, 0.5) is 0 Å². The molecule has 2 aromatic rings. The molecule has 0 atom stereocenters. The highest BCUT2D eigenvalue weighted by Gasteiger charge is 2.35. The van der Waals surface area contributed by atoms with Crippen LogP contribution < -0.4 is 0 Å². The van der Waals surface area contributed by atoms with E-state index < -0.39 is 5.91 Å². The summed E-state index contributed by atoms with van der Waals surface area (Å²) in [5.41, 5.74) is 6.79. The minimum atomic E-state index is -0.391. The van der Waals surface area contributed by atoms with Gasteiger partial charge in [0.25, 0.3) is 5.91 Å². The number of aryl methyl sites for hydroxylation is 3. The summed E-state index contributed by atoms with van der Waals surface area (Å²) < 4.78 is 2.19. The zero-order valence-corrected chi connectivity index (χ0v) is 18.0. The predicted molar refractivity (Wildman–Crippen MR) is 120 cm³/mol. The fourth-order valence-corrected chi connectivity index (χ4v) is 4.52. The van der Waals surface area contributed by atoms with E-state index in [1.54, 1.807) is 6.08 Å². The van der Waals surface area contributed by atoms with Gasteiger partial charge in [-0.25, -0.2) is 0 Å². The average molecular weight is 406 g/mol. The standard InChI is InChI=1S/C22H23N5OS/c1-6-19-25-27-20(23)17(21(28)24-22(27)29-19)11-16-10-14(4)26(15(16)5)18-8-7-12(2)9-13(18)3/h7-11,23H,6H2,1-5H3/b17-11+,23-20?. The van der Waals surface area contributed by atoms with Crippen molar-refractivity contribution in [2.24, 2.45) is 10.1 Å². The number of benzene rings is 1. The summed E-state index contributed by atoms with van der Waals surface area (Å²) >= 11 is 1.35. The number of nitrogens with one attached hydrogen (secondary N) is 1. The van der Waals surface area contributed by atoms with Crippen LogP contribution in [0, 0.1) is 33.1 Å². The number of hydrogen-bond donors (Lipinski definition) is 1. The lowest BCUT2D eigenvalue weighted by Crippen LogP contribution is -2.35. The van der Waals surface area contributed by atoms with Gasteiger partial charge in [-0.2, -0.15) is 15.1 Å². The molecule has 4 rings (SSSR count). The monoisotopic (exact) mass is 405 g/mol. The van der Waals surface area contributed by atoms with Crippen LogP contribution in [0.2, 0.25) is 0 Å². The minimum absolute atomic E-state index is 0.0762. The molecule has 1 N–H and O–H groups in total. The lowest BCUT2D eigenvalue weighted by Gasteiger charge is -2.20. The van der Waals surface area contributed by atoms with E-state index in [0.29, 0.717) is 5.17 Å². The second-order valence-electron chi connectivity index (χ2n) is 7.32. The van der Waals surface area contributed by atoms with Gasteiger partial charge in [0.2, 0.25) is 5.17 Å². The minimum Gasteiger partial charge on any atom is -0.318 e. The molecule has 0 saturated carbocycles. The Morgan fingerprint density at radius 2 is 1.93 bits per heavy atom. The summed E-state index contributed by atoms with van der Waals surface area (Å²) in [5, 5.41) is 15.7. The molecule has 2 aliphatic rings. The summed E-state index contributed by atoms with van der Waals surface area (Å²) in [7, 11) is 0. The topological polar surface area (TPSA) is 73.8 Å². The van der Waals surface area contributed by atoms with Crippen LogP contribution in [-0.2, 0) is 4.79 Å². The Balaban J connectivity index is 1.77. The zero-order valence-electron chi connectivity index (χ0n) is 17.2. The number of aliphatic imine (C=N–C) groups is 1. The first-order valence-corrected chi connectivity index (χ1v) is 10.4. The zero-order chi connectivity index (χ0) is 20.9. The van der Waals surface area contributed by atoms with E-state index in [1.807, 2.05) is 26.8 Å². The molecule has 148 valence electrons. The molecular formula is C22H23N5OS. The number of thioether (sulfide) groups is 1. The first kappa shape index (κ1) is 19.4. The van der Waals surface area contributed by atoms with Gasteiger partial charge < -0.3 is 4.57 Å². The number of amides is 1. The van der Waals surface area contributed by atoms with Crippen LogP contribution in [0.3, 0.4) is 0 Å². The van der Waals surface area contributed by atoms with Crippen molar-refractivity contribution in [3.8, 4) is 5.69 Å². The summed E-state index contributed by atoms with van der Waals surface area (Å²) in [5.74, 6) is -0.315. The Morgan fingerprint density at radius 1 is 1.17 bits per heavy atom. The van der Waals surface area contributed by atoms with Crippen LogP contribution in [0.15, 0.2) is 39.9 Å². The molecule has 6 nitrogen and oxygen atoms in total. The van der Waals surface area contributed by atoms with Crippen LogP contribution >= 0.6 is 11.8 Å². The number of carbonyl (C=O) groups excluding carboxylic acids is 1. The Kier molecular flexibility index (Phi) is 4.78. The van der Waals surface area contributed by atoms with Gasteiger partial charge in [0.15, 0.2) is 5.84 Å². The molecule has 0 fully saturated rings. The van der Waals surface area contributed by atoms with Gasteiger partial charge in [-0.1, -0.05) is 24.6 Å². The van der Waals surface area contributed by atoms with Crippen LogP contribution in [0.5, 0.6) is 0 Å². The molecule has 0 spiro atoms. The highest BCUT2D eigenvalue weighted by molar-refractivity contribution is 8.26. The Morgan fingerprint density at radius 3 is 2.62 bits per heavy atom. The summed E-state index contributed by atoms with van der Waals surface area (Å²) in [6.07, 6.45) is 2.51. The van der Waals surface area contributed by atoms with Gasteiger partial charge in [0.1, 0.15) is 5.04 Å². The highest BCUT2D eigenvalue weighted by Crippen LogP contribution is 2.31. The van der Waals surface area contributed by atoms with E-state index in [9.17, 15) is 4.79 Å². The molecule has 1 aromatic heterocycles. The van der Waals surface area contributed by atoms with E-state index in [0.717, 1.165) is 34.1 Å². The van der Waals surface area contributed by atoms with E-state index in [-0.39, 0.29) is 11.4 Å². The van der Waals surface area contributed by atoms with Gasteiger partial charge in [-0.15, -0.1) is 0 Å². The van der Waals surface area contributed by atoms with Gasteiger partial charge >= 0.3 is 0 Å². The average Bonchev–Trinajstić information content (AvgIpc) is 3.20. The first-order valence-electron chi connectivity index (χ1n) is 9.55. The number of nitrogens with zero attached hydrogens (tertiary/aromatic N) is 4. The van der Waals surface area contributed by atoms with E-state index in [4.69, 9.17) is 5.41 Å². The first-order chi connectivity index (χ1) is 13.8. The van der Waals surface area contributed by atoms with E-state index in [1.165, 1.54) is 27.9 Å². The third kappa shape index (κ3) is 3.25. The second kappa shape index (κ2) is 7.15. The Bertz CT molecular complexity index is 1150. The van der Waals surface area contributed by atoms with Crippen LogP contribution in [-0.4, -0.2) is 31.5 Å². The van der Waals surface area contributed by atoms with Crippen molar-refractivity contribution >= 4 is 39.8 Å². The third-order valence-electron chi connectivity index (χ3n) is 5.16. The Hall–Kier alpha value is -2.93. The molecule has 2 aliphatic heterocycles. The lowest BCUT2D eigenvalue weighted by molar-refractivity contribution is -0.114. The quantitative estimate of drug-likeness (QED) is 0.750. The predicted octanol–water partition coefficient (Wildman–Crippen LogP) is 4.74. The van der Waals surface area contributed by atoms with Crippen molar-refractivity contribution in [2.45, 2.75) is 41.0 Å². The fraction of sp³-hybridized carbons (Fsp3) is 0.273. The maximum Gasteiger partial charge on any atom is 0.283 e. The molecule has 0 saturated heterocycles. The maximum atomic E-state index is 12.6. The molecule has 0 unspecified atom stereocenters. The highest BCUT2D eigenvalue weighted by atomic mass is 32.2. The number of rotatable bonds is 3. The lowest BCUT2D eigenvalue weighted by atomic mass is 10.1. The number of aromatic nitrogens is 1. The SMILES string of the molecule is CCC1=NN2C(=N)/C(=C\c3cc(C)n(-c4ccc(C)cc4C)c3C)C(=O)N=C2S1. The van der Waals surface area contributed by atoms with Crippen LogP contribution in [0.25, 0.3) is 11.8 Å². The van der Waals surface area contributed by atoms with Crippen molar-refractivity contribution in [1.29, 1.82) is 5.41 Å². The van der Waals surface area contributed by atoms with Crippen molar-refractivity contribution < 1.29 is 4.79 Å².